The summed E-state index contributed by atoms with van der Waals surface area (Å²) in [6.45, 7) is 2.01. The Morgan fingerprint density at radius 2 is 2.37 bits per heavy atom. The number of halogens is 1. The Morgan fingerprint density at radius 3 is 3.16 bits per heavy atom. The quantitative estimate of drug-likeness (QED) is 0.937. The molecule has 1 aliphatic heterocycles. The van der Waals surface area contributed by atoms with Crippen LogP contribution in [0.5, 0.6) is 0 Å². The highest BCUT2D eigenvalue weighted by molar-refractivity contribution is 6.30. The van der Waals surface area contributed by atoms with Gasteiger partial charge in [-0.05, 0) is 37.1 Å². The number of piperidine rings is 1. The van der Waals surface area contributed by atoms with Gasteiger partial charge in [0, 0.05) is 18.0 Å². The maximum Gasteiger partial charge on any atom is 0.231 e. The molecule has 19 heavy (non-hydrogen) atoms. The molecule has 0 radical (unpaired) electrons. The molecule has 1 aromatic heterocycles. The second kappa shape index (κ2) is 5.72. The van der Waals surface area contributed by atoms with Gasteiger partial charge in [-0.25, -0.2) is 0 Å². The molecule has 0 aliphatic carbocycles. The smallest absolute Gasteiger partial charge is 0.231 e. The van der Waals surface area contributed by atoms with Crippen molar-refractivity contribution in [3.05, 3.63) is 46.6 Å². The van der Waals surface area contributed by atoms with E-state index in [2.05, 4.69) is 15.5 Å². The summed E-state index contributed by atoms with van der Waals surface area (Å²) in [7, 11) is 0. The second-order valence-corrected chi connectivity index (χ2v) is 5.34. The molecule has 3 rings (SSSR count). The molecule has 1 atom stereocenters. The van der Waals surface area contributed by atoms with Crippen LogP contribution in [-0.4, -0.2) is 23.2 Å². The molecule has 100 valence electrons. The van der Waals surface area contributed by atoms with Crippen molar-refractivity contribution in [2.45, 2.75) is 25.2 Å². The predicted molar refractivity (Wildman–Crippen MR) is 73.4 cm³/mol. The van der Waals surface area contributed by atoms with E-state index in [1.807, 2.05) is 24.3 Å². The lowest BCUT2D eigenvalue weighted by Gasteiger charge is -2.18. The summed E-state index contributed by atoms with van der Waals surface area (Å²) in [4.78, 5) is 4.50. The Balaban J connectivity index is 1.70. The summed E-state index contributed by atoms with van der Waals surface area (Å²) in [5.41, 5.74) is 1.10. The molecule has 1 unspecified atom stereocenters. The lowest BCUT2D eigenvalue weighted by molar-refractivity contribution is 0.320. The molecule has 0 amide bonds. The zero-order valence-electron chi connectivity index (χ0n) is 10.6. The van der Waals surface area contributed by atoms with Crippen LogP contribution in [0.1, 0.15) is 36.0 Å². The van der Waals surface area contributed by atoms with Crippen molar-refractivity contribution in [3.8, 4) is 0 Å². The standard InChI is InChI=1S/C14H16ClN3O/c15-12-5-1-3-10(7-12)8-13-17-14(19-18-13)11-4-2-6-16-9-11/h1,3,5,7,11,16H,2,4,6,8-9H2. The van der Waals surface area contributed by atoms with Crippen LogP contribution in [0.4, 0.5) is 0 Å². The minimum absolute atomic E-state index is 0.356. The minimum Gasteiger partial charge on any atom is -0.339 e. The first kappa shape index (κ1) is 12.6. The summed E-state index contributed by atoms with van der Waals surface area (Å²) >= 11 is 5.97. The number of hydrogen-bond donors (Lipinski definition) is 1. The topological polar surface area (TPSA) is 51.0 Å². The van der Waals surface area contributed by atoms with Gasteiger partial charge in [-0.2, -0.15) is 4.98 Å². The van der Waals surface area contributed by atoms with Crippen molar-refractivity contribution in [2.75, 3.05) is 13.1 Å². The van der Waals surface area contributed by atoms with Crippen molar-refractivity contribution in [3.63, 3.8) is 0 Å². The fraction of sp³-hybridized carbons (Fsp3) is 0.429. The zero-order chi connectivity index (χ0) is 13.1. The maximum absolute atomic E-state index is 5.97. The first-order chi connectivity index (χ1) is 9.31. The van der Waals surface area contributed by atoms with E-state index in [1.54, 1.807) is 0 Å². The number of rotatable bonds is 3. The van der Waals surface area contributed by atoms with Gasteiger partial charge in [0.05, 0.1) is 5.92 Å². The van der Waals surface area contributed by atoms with Crippen LogP contribution in [0.15, 0.2) is 28.8 Å². The monoisotopic (exact) mass is 277 g/mol. The highest BCUT2D eigenvalue weighted by Crippen LogP contribution is 2.22. The maximum atomic E-state index is 5.97. The van der Waals surface area contributed by atoms with E-state index in [0.29, 0.717) is 12.3 Å². The highest BCUT2D eigenvalue weighted by atomic mass is 35.5. The first-order valence-corrected chi connectivity index (χ1v) is 6.97. The van der Waals surface area contributed by atoms with Crippen molar-refractivity contribution >= 4 is 11.6 Å². The van der Waals surface area contributed by atoms with E-state index in [0.717, 1.165) is 48.2 Å². The van der Waals surface area contributed by atoms with E-state index in [9.17, 15) is 0 Å². The van der Waals surface area contributed by atoms with Crippen molar-refractivity contribution < 1.29 is 4.52 Å². The summed E-state index contributed by atoms with van der Waals surface area (Å²) in [5.74, 6) is 1.83. The van der Waals surface area contributed by atoms with Crippen molar-refractivity contribution in [1.82, 2.24) is 15.5 Å². The number of hydrogen-bond acceptors (Lipinski definition) is 4. The average Bonchev–Trinajstić information content (AvgIpc) is 2.88. The molecule has 1 fully saturated rings. The van der Waals surface area contributed by atoms with Gasteiger partial charge in [0.2, 0.25) is 5.89 Å². The van der Waals surface area contributed by atoms with Crippen molar-refractivity contribution in [1.29, 1.82) is 0 Å². The molecule has 2 heterocycles. The Morgan fingerprint density at radius 1 is 1.42 bits per heavy atom. The van der Waals surface area contributed by atoms with E-state index < -0.39 is 0 Å². The van der Waals surface area contributed by atoms with E-state index in [1.165, 1.54) is 0 Å². The fourth-order valence-electron chi connectivity index (χ4n) is 2.40. The third-order valence-electron chi connectivity index (χ3n) is 3.38. The highest BCUT2D eigenvalue weighted by Gasteiger charge is 2.21. The molecule has 5 heteroatoms. The fourth-order valence-corrected chi connectivity index (χ4v) is 2.61. The van der Waals surface area contributed by atoms with E-state index in [-0.39, 0.29) is 0 Å². The average molecular weight is 278 g/mol. The van der Waals surface area contributed by atoms with Crippen molar-refractivity contribution in [2.24, 2.45) is 0 Å². The van der Waals surface area contributed by atoms with Gasteiger partial charge in [0.1, 0.15) is 0 Å². The van der Waals surface area contributed by atoms with Crippen LogP contribution in [0, 0.1) is 0 Å². The molecule has 4 nitrogen and oxygen atoms in total. The van der Waals surface area contributed by atoms with E-state index >= 15 is 0 Å². The second-order valence-electron chi connectivity index (χ2n) is 4.90. The Kier molecular flexibility index (Phi) is 3.80. The summed E-state index contributed by atoms with van der Waals surface area (Å²) in [5, 5.41) is 8.15. The number of nitrogens with one attached hydrogen (secondary N) is 1. The van der Waals surface area contributed by atoms with Gasteiger partial charge in [-0.1, -0.05) is 28.9 Å². The predicted octanol–water partition coefficient (Wildman–Crippen LogP) is 2.78. The Bertz CT molecular complexity index is 549. The zero-order valence-corrected chi connectivity index (χ0v) is 11.4. The summed E-state index contributed by atoms with van der Waals surface area (Å²) in [6.07, 6.45) is 2.94. The van der Waals surface area contributed by atoms with Crippen LogP contribution in [-0.2, 0) is 6.42 Å². The number of nitrogens with zero attached hydrogens (tertiary/aromatic N) is 2. The third-order valence-corrected chi connectivity index (χ3v) is 3.62. The van der Waals surface area contributed by atoms with Gasteiger partial charge in [0.25, 0.3) is 0 Å². The molecular formula is C14H16ClN3O. The summed E-state index contributed by atoms with van der Waals surface area (Å²) < 4.78 is 5.37. The van der Waals surface area contributed by atoms with Gasteiger partial charge in [0.15, 0.2) is 5.82 Å². The van der Waals surface area contributed by atoms with Crippen LogP contribution in [0.2, 0.25) is 5.02 Å². The normalized spacial score (nSPS) is 19.5. The molecule has 1 aliphatic rings. The first-order valence-electron chi connectivity index (χ1n) is 6.59. The molecule has 0 spiro atoms. The Labute approximate surface area is 117 Å². The van der Waals surface area contributed by atoms with Gasteiger partial charge >= 0.3 is 0 Å². The number of aromatic nitrogens is 2. The molecule has 1 saturated heterocycles. The molecule has 1 aromatic carbocycles. The van der Waals surface area contributed by atoms with Crippen LogP contribution < -0.4 is 5.32 Å². The minimum atomic E-state index is 0.356. The number of benzene rings is 1. The summed E-state index contributed by atoms with van der Waals surface area (Å²) in [6, 6.07) is 7.74. The van der Waals surface area contributed by atoms with Crippen LogP contribution in [0.3, 0.4) is 0 Å². The molecular weight excluding hydrogens is 262 g/mol. The largest absolute Gasteiger partial charge is 0.339 e. The van der Waals surface area contributed by atoms with Gasteiger partial charge in [-0.15, -0.1) is 0 Å². The molecule has 0 bridgehead atoms. The van der Waals surface area contributed by atoms with Gasteiger partial charge < -0.3 is 9.84 Å². The lowest BCUT2D eigenvalue weighted by Crippen LogP contribution is -2.28. The Hall–Kier alpha value is -1.39. The lowest BCUT2D eigenvalue weighted by atomic mass is 10.00. The molecule has 1 N–H and O–H groups in total. The molecule has 0 saturated carbocycles. The van der Waals surface area contributed by atoms with E-state index in [4.69, 9.17) is 16.1 Å². The van der Waals surface area contributed by atoms with Gasteiger partial charge in [-0.3, -0.25) is 0 Å². The van der Waals surface area contributed by atoms with Crippen LogP contribution >= 0.6 is 11.6 Å². The molecule has 2 aromatic rings. The third kappa shape index (κ3) is 3.14. The SMILES string of the molecule is Clc1cccc(Cc2noc(C3CCCNC3)n2)c1. The van der Waals surface area contributed by atoms with Crippen LogP contribution in [0.25, 0.3) is 0 Å².